The van der Waals surface area contributed by atoms with E-state index in [2.05, 4.69) is 0 Å². The molecule has 110 valence electrons. The summed E-state index contributed by atoms with van der Waals surface area (Å²) in [7, 11) is 3.95. The number of benzene rings is 1. The van der Waals surface area contributed by atoms with Gasteiger partial charge in [0.25, 0.3) is 0 Å². The smallest absolute Gasteiger partial charge is 0.242 e. The van der Waals surface area contributed by atoms with Crippen LogP contribution in [0.25, 0.3) is 0 Å². The maximum absolute atomic E-state index is 12.4. The van der Waals surface area contributed by atoms with Crippen LogP contribution < -0.4 is 4.90 Å². The first-order valence-corrected chi connectivity index (χ1v) is 7.70. The summed E-state index contributed by atoms with van der Waals surface area (Å²) in [6.07, 6.45) is 7.49. The lowest BCUT2D eigenvalue weighted by atomic mass is 10.1. The molecule has 0 radical (unpaired) electrons. The third kappa shape index (κ3) is 3.99. The van der Waals surface area contributed by atoms with Gasteiger partial charge in [-0.1, -0.05) is 43.9 Å². The summed E-state index contributed by atoms with van der Waals surface area (Å²) in [5.74, 6) is 0.225. The molecule has 0 unspecified atom stereocenters. The molecule has 0 atom stereocenters. The number of hydrogen-bond donors (Lipinski definition) is 0. The number of carbonyl (C=O) groups is 1. The molecule has 0 aliphatic heterocycles. The molecular weight excluding hydrogens is 248 g/mol. The molecular formula is C17H26N2O. The average Bonchev–Trinajstić information content (AvgIpc) is 2.76. The van der Waals surface area contributed by atoms with Crippen molar-refractivity contribution in [1.29, 1.82) is 0 Å². The van der Waals surface area contributed by atoms with Crippen LogP contribution in [0.2, 0.25) is 0 Å². The van der Waals surface area contributed by atoms with Crippen molar-refractivity contribution in [2.45, 2.75) is 44.6 Å². The van der Waals surface area contributed by atoms with Gasteiger partial charge in [-0.05, 0) is 25.0 Å². The van der Waals surface area contributed by atoms with Gasteiger partial charge < -0.3 is 9.80 Å². The number of hydrogen-bond acceptors (Lipinski definition) is 2. The zero-order chi connectivity index (χ0) is 14.4. The van der Waals surface area contributed by atoms with Crippen LogP contribution in [0.15, 0.2) is 30.3 Å². The molecule has 20 heavy (non-hydrogen) atoms. The van der Waals surface area contributed by atoms with Crippen LogP contribution in [-0.2, 0) is 4.79 Å². The molecule has 0 heterocycles. The summed E-state index contributed by atoms with van der Waals surface area (Å²) in [5, 5.41) is 0. The van der Waals surface area contributed by atoms with Crippen LogP contribution in [0.4, 0.5) is 5.69 Å². The molecule has 2 rings (SSSR count). The fraction of sp³-hybridized carbons (Fsp3) is 0.588. The van der Waals surface area contributed by atoms with Gasteiger partial charge in [0, 0.05) is 25.8 Å². The van der Waals surface area contributed by atoms with Crippen molar-refractivity contribution >= 4 is 11.6 Å². The van der Waals surface area contributed by atoms with Gasteiger partial charge in [0.1, 0.15) is 0 Å². The summed E-state index contributed by atoms with van der Waals surface area (Å²) in [5.41, 5.74) is 1.09. The van der Waals surface area contributed by atoms with Crippen LogP contribution in [0.3, 0.4) is 0 Å². The second kappa shape index (κ2) is 7.32. The largest absolute Gasteiger partial charge is 0.365 e. The molecule has 1 amide bonds. The minimum atomic E-state index is 0.225. The minimum absolute atomic E-state index is 0.225. The number of carbonyl (C=O) groups excluding carboxylic acids is 1. The fourth-order valence-corrected chi connectivity index (χ4v) is 2.94. The van der Waals surface area contributed by atoms with Crippen molar-refractivity contribution in [3.05, 3.63) is 30.3 Å². The van der Waals surface area contributed by atoms with Crippen LogP contribution in [0.5, 0.6) is 0 Å². The quantitative estimate of drug-likeness (QED) is 0.786. The van der Waals surface area contributed by atoms with Gasteiger partial charge in [-0.2, -0.15) is 0 Å². The maximum Gasteiger partial charge on any atom is 0.242 e. The Morgan fingerprint density at radius 1 is 1.05 bits per heavy atom. The van der Waals surface area contributed by atoms with Crippen LogP contribution in [0.1, 0.15) is 38.5 Å². The predicted octanol–water partition coefficient (Wildman–Crippen LogP) is 3.30. The van der Waals surface area contributed by atoms with Crippen molar-refractivity contribution in [2.75, 3.05) is 25.5 Å². The van der Waals surface area contributed by atoms with E-state index in [-0.39, 0.29) is 5.91 Å². The highest BCUT2D eigenvalue weighted by molar-refractivity contribution is 5.81. The molecule has 0 saturated heterocycles. The fourth-order valence-electron chi connectivity index (χ4n) is 2.94. The minimum Gasteiger partial charge on any atom is -0.365 e. The van der Waals surface area contributed by atoms with Gasteiger partial charge in [-0.25, -0.2) is 0 Å². The second-order valence-electron chi connectivity index (χ2n) is 5.84. The molecule has 1 aliphatic carbocycles. The Balaban J connectivity index is 1.90. The first-order chi connectivity index (χ1) is 9.68. The first kappa shape index (κ1) is 14.9. The van der Waals surface area contributed by atoms with Gasteiger partial charge in [0.15, 0.2) is 0 Å². The summed E-state index contributed by atoms with van der Waals surface area (Å²) in [4.78, 5) is 16.4. The van der Waals surface area contributed by atoms with Crippen molar-refractivity contribution in [1.82, 2.24) is 4.90 Å². The Bertz CT molecular complexity index is 410. The highest BCUT2D eigenvalue weighted by atomic mass is 16.2. The van der Waals surface area contributed by atoms with Crippen LogP contribution in [-0.4, -0.2) is 37.5 Å². The Hall–Kier alpha value is -1.51. The number of amides is 1. The molecule has 0 spiro atoms. The van der Waals surface area contributed by atoms with E-state index in [1.165, 1.54) is 25.7 Å². The Labute approximate surface area is 122 Å². The van der Waals surface area contributed by atoms with Crippen molar-refractivity contribution in [3.63, 3.8) is 0 Å². The van der Waals surface area contributed by atoms with Gasteiger partial charge in [-0.3, -0.25) is 4.79 Å². The Morgan fingerprint density at radius 3 is 2.25 bits per heavy atom. The number of para-hydroxylation sites is 1. The van der Waals surface area contributed by atoms with E-state index in [0.29, 0.717) is 12.6 Å². The van der Waals surface area contributed by atoms with E-state index >= 15 is 0 Å². The SMILES string of the molecule is CN(CC(=O)N(C)C1CCCCCC1)c1ccccc1. The van der Waals surface area contributed by atoms with E-state index < -0.39 is 0 Å². The Morgan fingerprint density at radius 2 is 1.65 bits per heavy atom. The highest BCUT2D eigenvalue weighted by Gasteiger charge is 2.21. The molecule has 0 N–H and O–H groups in total. The van der Waals surface area contributed by atoms with Crippen molar-refractivity contribution < 1.29 is 4.79 Å². The normalized spacial score (nSPS) is 16.5. The Kier molecular flexibility index (Phi) is 5.45. The van der Waals surface area contributed by atoms with Gasteiger partial charge in [-0.15, -0.1) is 0 Å². The molecule has 1 aromatic carbocycles. The molecule has 3 heteroatoms. The molecule has 1 fully saturated rings. The van der Waals surface area contributed by atoms with E-state index in [4.69, 9.17) is 0 Å². The second-order valence-corrected chi connectivity index (χ2v) is 5.84. The van der Waals surface area contributed by atoms with Gasteiger partial charge in [0.2, 0.25) is 5.91 Å². The van der Waals surface area contributed by atoms with E-state index in [0.717, 1.165) is 18.5 Å². The molecule has 0 bridgehead atoms. The summed E-state index contributed by atoms with van der Waals surface area (Å²) in [6, 6.07) is 10.5. The third-order valence-electron chi connectivity index (χ3n) is 4.34. The summed E-state index contributed by atoms with van der Waals surface area (Å²) >= 11 is 0. The summed E-state index contributed by atoms with van der Waals surface area (Å²) < 4.78 is 0. The standard InChI is InChI=1S/C17H26N2O/c1-18(15-10-8-5-9-11-15)14-17(20)19(2)16-12-6-3-4-7-13-16/h5,8-11,16H,3-4,6-7,12-14H2,1-2H3. The predicted molar refractivity (Wildman–Crippen MR) is 84.0 cm³/mol. The van der Waals surface area contributed by atoms with E-state index in [1.807, 2.05) is 54.2 Å². The van der Waals surface area contributed by atoms with Crippen LogP contribution >= 0.6 is 0 Å². The van der Waals surface area contributed by atoms with Gasteiger partial charge in [0.05, 0.1) is 6.54 Å². The number of rotatable bonds is 4. The lowest BCUT2D eigenvalue weighted by Crippen LogP contribution is -2.42. The van der Waals surface area contributed by atoms with Crippen molar-refractivity contribution in [2.24, 2.45) is 0 Å². The number of likely N-dealkylation sites (N-methyl/N-ethyl adjacent to an activating group) is 2. The molecule has 0 aromatic heterocycles. The topological polar surface area (TPSA) is 23.6 Å². The lowest BCUT2D eigenvalue weighted by Gasteiger charge is -2.29. The first-order valence-electron chi connectivity index (χ1n) is 7.70. The third-order valence-corrected chi connectivity index (χ3v) is 4.34. The average molecular weight is 274 g/mol. The van der Waals surface area contributed by atoms with Crippen LogP contribution in [0, 0.1) is 0 Å². The number of anilines is 1. The lowest BCUT2D eigenvalue weighted by molar-refractivity contribution is -0.130. The molecule has 1 aliphatic rings. The summed E-state index contributed by atoms with van der Waals surface area (Å²) in [6.45, 7) is 0.455. The van der Waals surface area contributed by atoms with Gasteiger partial charge >= 0.3 is 0 Å². The van der Waals surface area contributed by atoms with E-state index in [1.54, 1.807) is 0 Å². The maximum atomic E-state index is 12.4. The zero-order valence-corrected chi connectivity index (χ0v) is 12.7. The zero-order valence-electron chi connectivity index (χ0n) is 12.7. The highest BCUT2D eigenvalue weighted by Crippen LogP contribution is 2.21. The van der Waals surface area contributed by atoms with E-state index in [9.17, 15) is 4.79 Å². The molecule has 3 nitrogen and oxygen atoms in total. The molecule has 1 saturated carbocycles. The monoisotopic (exact) mass is 274 g/mol. The number of nitrogens with zero attached hydrogens (tertiary/aromatic N) is 2. The van der Waals surface area contributed by atoms with Crippen molar-refractivity contribution in [3.8, 4) is 0 Å². The molecule has 1 aromatic rings.